The predicted molar refractivity (Wildman–Crippen MR) is 111 cm³/mol. The van der Waals surface area contributed by atoms with E-state index in [0.29, 0.717) is 29.7 Å². The van der Waals surface area contributed by atoms with Crippen molar-refractivity contribution in [3.63, 3.8) is 0 Å². The molecule has 8 nitrogen and oxygen atoms in total. The van der Waals surface area contributed by atoms with Gasteiger partial charge in [-0.05, 0) is 30.7 Å². The van der Waals surface area contributed by atoms with Crippen LogP contribution in [-0.2, 0) is 15.9 Å². The fraction of sp³-hybridized carbons (Fsp3) is 0.318. The number of hydrogen-bond donors (Lipinski definition) is 2. The number of aryl methyl sites for hydroxylation is 1. The Kier molecular flexibility index (Phi) is 5.79. The van der Waals surface area contributed by atoms with Gasteiger partial charge in [0.1, 0.15) is 11.6 Å². The second-order valence-electron chi connectivity index (χ2n) is 7.62. The maximum absolute atomic E-state index is 14.9. The lowest BCUT2D eigenvalue weighted by Gasteiger charge is -2.32. The largest absolute Gasteiger partial charge is 0.478 e. The van der Waals surface area contributed by atoms with Crippen LogP contribution in [0.2, 0.25) is 0 Å². The van der Waals surface area contributed by atoms with Crippen LogP contribution in [0.1, 0.15) is 21.5 Å². The summed E-state index contributed by atoms with van der Waals surface area (Å²) in [6.45, 7) is 2.75. The molecule has 1 atom stereocenters. The number of methoxy groups -OCH3 is 1. The van der Waals surface area contributed by atoms with Gasteiger partial charge in [-0.2, -0.15) is 0 Å². The Morgan fingerprint density at radius 3 is 2.69 bits per heavy atom. The normalized spacial score (nSPS) is 16.4. The van der Waals surface area contributed by atoms with Gasteiger partial charge < -0.3 is 24.5 Å². The summed E-state index contributed by atoms with van der Waals surface area (Å²) in [5.74, 6) is -3.44. The van der Waals surface area contributed by atoms with Crippen LogP contribution in [0.15, 0.2) is 24.4 Å². The van der Waals surface area contributed by atoms with Crippen LogP contribution in [0, 0.1) is 18.6 Å². The summed E-state index contributed by atoms with van der Waals surface area (Å²) >= 11 is 0. The fourth-order valence-electron chi connectivity index (χ4n) is 3.95. The highest BCUT2D eigenvalue weighted by atomic mass is 19.1. The molecule has 0 saturated carbocycles. The lowest BCUT2D eigenvalue weighted by atomic mass is 9.99. The van der Waals surface area contributed by atoms with E-state index in [-0.39, 0.29) is 24.2 Å². The quantitative estimate of drug-likeness (QED) is 0.637. The van der Waals surface area contributed by atoms with E-state index in [1.54, 1.807) is 12.3 Å². The van der Waals surface area contributed by atoms with Gasteiger partial charge in [0.2, 0.25) is 0 Å². The molecule has 4 rings (SSSR count). The third kappa shape index (κ3) is 4.01. The minimum Gasteiger partial charge on any atom is -0.478 e. The number of carbonyl (C=O) groups is 2. The number of hydrogen-bond acceptors (Lipinski definition) is 5. The summed E-state index contributed by atoms with van der Waals surface area (Å²) in [4.78, 5) is 32.0. The van der Waals surface area contributed by atoms with E-state index in [1.807, 2.05) is 6.92 Å². The highest BCUT2D eigenvalue weighted by Crippen LogP contribution is 2.35. The van der Waals surface area contributed by atoms with Crippen LogP contribution < -0.4 is 0 Å². The van der Waals surface area contributed by atoms with Crippen LogP contribution >= 0.6 is 0 Å². The lowest BCUT2D eigenvalue weighted by molar-refractivity contribution is -0.0235. The van der Waals surface area contributed by atoms with Crippen molar-refractivity contribution in [1.82, 2.24) is 14.9 Å². The Bertz CT molecular complexity index is 1190. The molecule has 0 bridgehead atoms. The molecule has 2 N–H and O–H groups in total. The number of nitrogens with one attached hydrogen (secondary N) is 1. The highest BCUT2D eigenvalue weighted by Gasteiger charge is 2.29. The van der Waals surface area contributed by atoms with Crippen molar-refractivity contribution < 1.29 is 33.0 Å². The number of rotatable bonds is 4. The zero-order chi connectivity index (χ0) is 23.0. The van der Waals surface area contributed by atoms with E-state index >= 15 is 0 Å². The average molecular weight is 445 g/mol. The number of aromatic amines is 1. The van der Waals surface area contributed by atoms with Crippen molar-refractivity contribution >= 4 is 23.1 Å². The summed E-state index contributed by atoms with van der Waals surface area (Å²) in [7, 11) is 1.29. The molecular formula is C22H21F2N3O5. The number of amides is 1. The van der Waals surface area contributed by atoms with E-state index in [2.05, 4.69) is 9.97 Å². The first-order valence-corrected chi connectivity index (χ1v) is 9.93. The first-order valence-electron chi connectivity index (χ1n) is 9.93. The molecule has 0 unspecified atom stereocenters. The maximum atomic E-state index is 14.9. The van der Waals surface area contributed by atoms with Gasteiger partial charge in [0, 0.05) is 24.7 Å². The van der Waals surface area contributed by atoms with E-state index in [9.17, 15) is 18.4 Å². The smallest absolute Gasteiger partial charge is 0.409 e. The molecule has 10 heteroatoms. The predicted octanol–water partition coefficient (Wildman–Crippen LogP) is 3.52. The number of carboxylic acids is 1. The highest BCUT2D eigenvalue weighted by molar-refractivity contribution is 5.91. The van der Waals surface area contributed by atoms with Gasteiger partial charge in [-0.3, -0.25) is 4.98 Å². The molecule has 168 valence electrons. The number of halogens is 2. The number of pyridine rings is 1. The van der Waals surface area contributed by atoms with Crippen molar-refractivity contribution in [3.8, 4) is 11.3 Å². The Balaban J connectivity index is 1.80. The van der Waals surface area contributed by atoms with Gasteiger partial charge in [-0.1, -0.05) is 0 Å². The molecule has 1 aromatic carbocycles. The molecule has 0 radical (unpaired) electrons. The SMILES string of the molecule is COC(=O)N1CCO[C@@H](Cc2c(-c3c(F)cc(C(=O)O)cc3F)[nH]c3cc(C)cnc23)C1. The van der Waals surface area contributed by atoms with Crippen LogP contribution in [0.4, 0.5) is 13.6 Å². The van der Waals surface area contributed by atoms with Crippen LogP contribution in [0.25, 0.3) is 22.3 Å². The summed E-state index contributed by atoms with van der Waals surface area (Å²) < 4.78 is 40.4. The Hall–Kier alpha value is -3.53. The molecule has 0 aliphatic carbocycles. The van der Waals surface area contributed by atoms with Crippen molar-refractivity contribution in [1.29, 1.82) is 0 Å². The van der Waals surface area contributed by atoms with Crippen molar-refractivity contribution in [2.45, 2.75) is 19.4 Å². The summed E-state index contributed by atoms with van der Waals surface area (Å²) in [5.41, 5.74) is 1.76. The van der Waals surface area contributed by atoms with Gasteiger partial charge in [0.05, 0.1) is 54.2 Å². The number of morpholine rings is 1. The van der Waals surface area contributed by atoms with E-state index in [0.717, 1.165) is 17.7 Å². The molecule has 0 spiro atoms. The number of benzene rings is 1. The molecule has 1 aliphatic heterocycles. The van der Waals surface area contributed by atoms with Crippen molar-refractivity contribution in [2.75, 3.05) is 26.8 Å². The molecule has 1 saturated heterocycles. The number of aromatic carboxylic acids is 1. The van der Waals surface area contributed by atoms with E-state index in [4.69, 9.17) is 14.6 Å². The molecule has 3 aromatic rings. The fourth-order valence-corrected chi connectivity index (χ4v) is 3.95. The zero-order valence-electron chi connectivity index (χ0n) is 17.4. The number of carbonyl (C=O) groups excluding carboxylic acids is 1. The number of H-pyrrole nitrogens is 1. The summed E-state index contributed by atoms with van der Waals surface area (Å²) in [6.07, 6.45) is 0.936. The number of fused-ring (bicyclic) bond motifs is 1. The first-order chi connectivity index (χ1) is 15.3. The molecule has 1 aliphatic rings. The number of nitrogens with zero attached hydrogens (tertiary/aromatic N) is 2. The van der Waals surface area contributed by atoms with Crippen molar-refractivity contribution in [3.05, 3.63) is 52.7 Å². The number of ether oxygens (including phenoxy) is 2. The van der Waals surface area contributed by atoms with Crippen molar-refractivity contribution in [2.24, 2.45) is 0 Å². The van der Waals surface area contributed by atoms with Crippen LogP contribution in [-0.4, -0.2) is 64.9 Å². The third-order valence-electron chi connectivity index (χ3n) is 5.41. The molecule has 2 aromatic heterocycles. The Morgan fingerprint density at radius 1 is 1.31 bits per heavy atom. The second-order valence-corrected chi connectivity index (χ2v) is 7.62. The van der Waals surface area contributed by atoms with Crippen LogP contribution in [0.5, 0.6) is 0 Å². The lowest BCUT2D eigenvalue weighted by Crippen LogP contribution is -2.46. The monoisotopic (exact) mass is 445 g/mol. The molecule has 1 fully saturated rings. The Labute approximate surface area is 181 Å². The topological polar surface area (TPSA) is 105 Å². The summed E-state index contributed by atoms with van der Waals surface area (Å²) in [5, 5.41) is 9.09. The van der Waals surface area contributed by atoms with Gasteiger partial charge in [0.15, 0.2) is 0 Å². The average Bonchev–Trinajstić information content (AvgIpc) is 3.09. The second kappa shape index (κ2) is 8.54. The van der Waals surface area contributed by atoms with E-state index < -0.39 is 35.4 Å². The number of aromatic nitrogens is 2. The minimum atomic E-state index is -1.43. The molecular weight excluding hydrogens is 424 g/mol. The van der Waals surface area contributed by atoms with Gasteiger partial charge in [-0.25, -0.2) is 18.4 Å². The zero-order valence-corrected chi connectivity index (χ0v) is 17.4. The van der Waals surface area contributed by atoms with Crippen LogP contribution in [0.3, 0.4) is 0 Å². The number of carboxylic acid groups (broad SMARTS) is 1. The third-order valence-corrected chi connectivity index (χ3v) is 5.41. The van der Waals surface area contributed by atoms with E-state index in [1.165, 1.54) is 12.0 Å². The molecule has 1 amide bonds. The Morgan fingerprint density at radius 2 is 2.03 bits per heavy atom. The van der Waals surface area contributed by atoms with Gasteiger partial charge in [-0.15, -0.1) is 0 Å². The molecule has 3 heterocycles. The maximum Gasteiger partial charge on any atom is 0.409 e. The minimum absolute atomic E-state index is 0.156. The summed E-state index contributed by atoms with van der Waals surface area (Å²) in [6, 6.07) is 3.37. The first kappa shape index (κ1) is 21.7. The standard InChI is InChI=1S/C22H21F2N3O5/c1-11-5-17-19(25-9-11)14(8-13-10-27(3-4-32-13)22(30)31-2)20(26-17)18-15(23)6-12(21(28)29)7-16(18)24/h5-7,9,13,26H,3-4,8,10H2,1-2H3,(H,28,29)/t13-/m0/s1. The van der Waals surface area contributed by atoms with Gasteiger partial charge >= 0.3 is 12.1 Å². The van der Waals surface area contributed by atoms with Gasteiger partial charge in [0.25, 0.3) is 0 Å². The molecule has 32 heavy (non-hydrogen) atoms.